The Morgan fingerprint density at radius 1 is 0.920 bits per heavy atom. The largest absolute Gasteiger partial charge is 0.318 e. The van der Waals surface area contributed by atoms with Crippen molar-refractivity contribution in [2.45, 2.75) is 19.8 Å². The van der Waals surface area contributed by atoms with Crippen molar-refractivity contribution in [1.82, 2.24) is 14.0 Å². The minimum atomic E-state index is -0.689. The third-order valence-electron chi connectivity index (χ3n) is 3.93. The molecule has 2 heterocycles. The molecule has 0 fully saturated rings. The summed E-state index contributed by atoms with van der Waals surface area (Å²) >= 11 is 0. The lowest BCUT2D eigenvalue weighted by atomic mass is 10.1. The summed E-state index contributed by atoms with van der Waals surface area (Å²) in [5, 5.41) is 0. The first-order valence-electron chi connectivity index (χ1n) is 8.06. The van der Waals surface area contributed by atoms with Crippen molar-refractivity contribution >= 4 is 11.8 Å². The summed E-state index contributed by atoms with van der Waals surface area (Å²) in [5.74, 6) is -1.38. The highest BCUT2D eigenvalue weighted by atomic mass is 16.2. The zero-order chi connectivity index (χ0) is 18.6. The lowest BCUT2D eigenvalue weighted by molar-refractivity contribution is 0.0611. The van der Waals surface area contributed by atoms with Gasteiger partial charge in [-0.2, -0.15) is 0 Å². The first kappa shape index (κ1) is 18.4. The number of amides is 2. The van der Waals surface area contributed by atoms with Crippen LogP contribution in [0.1, 0.15) is 40.5 Å². The molecule has 7 heteroatoms. The Bertz CT molecular complexity index is 840. The number of hydrogen-bond acceptors (Lipinski definition) is 4. The second kappa shape index (κ2) is 7.74. The van der Waals surface area contributed by atoms with Crippen molar-refractivity contribution in [2.24, 2.45) is 14.1 Å². The van der Waals surface area contributed by atoms with Gasteiger partial charge in [0.2, 0.25) is 0 Å². The number of rotatable bonds is 5. The Kier molecular flexibility index (Phi) is 5.69. The minimum absolute atomic E-state index is 0.0952. The number of aryl methyl sites for hydroxylation is 2. The molecule has 0 aliphatic carbocycles. The van der Waals surface area contributed by atoms with Crippen molar-refractivity contribution < 1.29 is 9.59 Å². The molecule has 0 saturated carbocycles. The number of unbranched alkanes of at least 4 members (excludes halogenated alkanes) is 1. The van der Waals surface area contributed by atoms with Gasteiger partial charge in [-0.1, -0.05) is 13.3 Å². The van der Waals surface area contributed by atoms with Crippen LogP contribution in [-0.4, -0.2) is 32.4 Å². The summed E-state index contributed by atoms with van der Waals surface area (Å²) in [6.45, 7) is 2.07. The fraction of sp³-hybridized carbons (Fsp3) is 0.333. The molecule has 0 atom stereocenters. The Morgan fingerprint density at radius 3 is 1.76 bits per heavy atom. The average molecular weight is 343 g/mol. The summed E-state index contributed by atoms with van der Waals surface area (Å²) < 4.78 is 2.55. The second-order valence-electron chi connectivity index (χ2n) is 5.79. The van der Waals surface area contributed by atoms with E-state index in [2.05, 4.69) is 0 Å². The molecule has 25 heavy (non-hydrogen) atoms. The van der Waals surface area contributed by atoms with Gasteiger partial charge in [0.1, 0.15) is 11.1 Å². The number of hydrogen-bond donors (Lipinski definition) is 0. The van der Waals surface area contributed by atoms with Crippen LogP contribution in [0.15, 0.2) is 46.2 Å². The summed E-state index contributed by atoms with van der Waals surface area (Å²) in [6.07, 6.45) is 4.41. The van der Waals surface area contributed by atoms with Crippen molar-refractivity contribution in [2.75, 3.05) is 6.54 Å². The fourth-order valence-electron chi connectivity index (χ4n) is 2.42. The molecule has 0 spiro atoms. The van der Waals surface area contributed by atoms with Crippen LogP contribution in [0.4, 0.5) is 0 Å². The average Bonchev–Trinajstić information content (AvgIpc) is 2.59. The van der Waals surface area contributed by atoms with E-state index in [1.807, 2.05) is 6.92 Å². The van der Waals surface area contributed by atoms with Crippen LogP contribution in [0.2, 0.25) is 0 Å². The number of nitrogens with zero attached hydrogens (tertiary/aromatic N) is 3. The first-order chi connectivity index (χ1) is 11.9. The highest BCUT2D eigenvalue weighted by Gasteiger charge is 2.27. The van der Waals surface area contributed by atoms with Crippen molar-refractivity contribution in [3.05, 3.63) is 68.5 Å². The molecule has 0 unspecified atom stereocenters. The normalized spacial score (nSPS) is 10.5. The molecule has 132 valence electrons. The van der Waals surface area contributed by atoms with E-state index in [9.17, 15) is 19.2 Å². The molecule has 2 aromatic rings. The van der Waals surface area contributed by atoms with Gasteiger partial charge in [-0.25, -0.2) is 0 Å². The molecule has 0 aliphatic heterocycles. The molecule has 0 N–H and O–H groups in total. The number of carbonyl (C=O) groups excluding carboxylic acids is 2. The zero-order valence-corrected chi connectivity index (χ0v) is 14.6. The standard InChI is InChI=1S/C18H21N3O4/c1-4-5-12-21(17(24)13-8-6-10-19(2)15(13)22)18(25)14-9-7-11-20(3)16(14)23/h6-11H,4-5,12H2,1-3H3. The molecule has 2 rings (SSSR count). The van der Waals surface area contributed by atoms with Crippen LogP contribution in [0.5, 0.6) is 0 Å². The van der Waals surface area contributed by atoms with Gasteiger partial charge < -0.3 is 9.13 Å². The van der Waals surface area contributed by atoms with Crippen LogP contribution in [0, 0.1) is 0 Å². The molecule has 0 radical (unpaired) electrons. The lowest BCUT2D eigenvalue weighted by Gasteiger charge is -2.20. The van der Waals surface area contributed by atoms with Crippen molar-refractivity contribution in [3.8, 4) is 0 Å². The Labute approximate surface area is 145 Å². The molecule has 0 aromatic carbocycles. The third kappa shape index (κ3) is 3.76. The Morgan fingerprint density at radius 2 is 1.36 bits per heavy atom. The fourth-order valence-corrected chi connectivity index (χ4v) is 2.42. The summed E-state index contributed by atoms with van der Waals surface area (Å²) in [5.41, 5.74) is -1.16. The molecular formula is C18H21N3O4. The van der Waals surface area contributed by atoms with Gasteiger partial charge in [0.25, 0.3) is 22.9 Å². The predicted octanol–water partition coefficient (Wildman–Crippen LogP) is 1.17. The zero-order valence-electron chi connectivity index (χ0n) is 14.6. The Hall–Kier alpha value is -2.96. The van der Waals surface area contributed by atoms with E-state index < -0.39 is 22.9 Å². The van der Waals surface area contributed by atoms with E-state index in [-0.39, 0.29) is 17.7 Å². The monoisotopic (exact) mass is 343 g/mol. The molecule has 0 bridgehead atoms. The van der Waals surface area contributed by atoms with Gasteiger partial charge in [0, 0.05) is 33.0 Å². The van der Waals surface area contributed by atoms with Crippen LogP contribution in [0.25, 0.3) is 0 Å². The molecule has 2 amide bonds. The van der Waals surface area contributed by atoms with Crippen LogP contribution < -0.4 is 11.1 Å². The third-order valence-corrected chi connectivity index (χ3v) is 3.93. The SMILES string of the molecule is CCCCN(C(=O)c1cccn(C)c1=O)C(=O)c1cccn(C)c1=O. The number of pyridine rings is 2. The molecule has 0 saturated heterocycles. The van der Waals surface area contributed by atoms with E-state index in [4.69, 9.17) is 0 Å². The van der Waals surface area contributed by atoms with Gasteiger partial charge in [-0.15, -0.1) is 0 Å². The smallest absolute Gasteiger partial charge is 0.266 e. The van der Waals surface area contributed by atoms with Gasteiger partial charge in [-0.05, 0) is 30.7 Å². The molecule has 0 aliphatic rings. The molecule has 7 nitrogen and oxygen atoms in total. The first-order valence-corrected chi connectivity index (χ1v) is 8.06. The maximum atomic E-state index is 12.8. The summed E-state index contributed by atoms with van der Waals surface area (Å²) in [6, 6.07) is 5.91. The van der Waals surface area contributed by atoms with Crippen molar-refractivity contribution in [3.63, 3.8) is 0 Å². The quantitative estimate of drug-likeness (QED) is 0.763. The number of carbonyl (C=O) groups is 2. The van der Waals surface area contributed by atoms with E-state index in [0.717, 1.165) is 11.3 Å². The van der Waals surface area contributed by atoms with E-state index >= 15 is 0 Å². The van der Waals surface area contributed by atoms with Crippen LogP contribution in [-0.2, 0) is 14.1 Å². The topological polar surface area (TPSA) is 81.4 Å². The van der Waals surface area contributed by atoms with Gasteiger partial charge >= 0.3 is 0 Å². The molecular weight excluding hydrogens is 322 g/mol. The van der Waals surface area contributed by atoms with Gasteiger partial charge in [0.05, 0.1) is 0 Å². The van der Waals surface area contributed by atoms with E-state index in [0.29, 0.717) is 6.42 Å². The van der Waals surface area contributed by atoms with Gasteiger partial charge in [0.15, 0.2) is 0 Å². The second-order valence-corrected chi connectivity index (χ2v) is 5.79. The maximum Gasteiger partial charge on any atom is 0.266 e. The number of imide groups is 1. The van der Waals surface area contributed by atoms with Crippen LogP contribution >= 0.6 is 0 Å². The maximum absolute atomic E-state index is 12.8. The Balaban J connectivity index is 2.48. The number of aromatic nitrogens is 2. The summed E-state index contributed by atoms with van der Waals surface area (Å²) in [4.78, 5) is 51.0. The highest BCUT2D eigenvalue weighted by molar-refractivity contribution is 6.10. The predicted molar refractivity (Wildman–Crippen MR) is 93.6 cm³/mol. The van der Waals surface area contributed by atoms with Crippen LogP contribution in [0.3, 0.4) is 0 Å². The van der Waals surface area contributed by atoms with Crippen molar-refractivity contribution in [1.29, 1.82) is 0 Å². The minimum Gasteiger partial charge on any atom is -0.318 e. The lowest BCUT2D eigenvalue weighted by Crippen LogP contribution is -2.43. The van der Waals surface area contributed by atoms with E-state index in [1.165, 1.54) is 47.8 Å². The summed E-state index contributed by atoms with van der Waals surface area (Å²) in [7, 11) is 3.06. The van der Waals surface area contributed by atoms with Gasteiger partial charge in [-0.3, -0.25) is 24.1 Å². The highest BCUT2D eigenvalue weighted by Crippen LogP contribution is 2.08. The molecule has 2 aromatic heterocycles. The van der Waals surface area contributed by atoms with E-state index in [1.54, 1.807) is 12.1 Å².